The topological polar surface area (TPSA) is 0 Å². The van der Waals surface area contributed by atoms with Gasteiger partial charge in [0.25, 0.3) is 0 Å². The molecule has 0 aromatic rings. The zero-order valence-electron chi connectivity index (χ0n) is 7.44. The molecule has 0 aromatic heterocycles. The van der Waals surface area contributed by atoms with Gasteiger partial charge in [-0.2, -0.15) is 0 Å². The van der Waals surface area contributed by atoms with Gasteiger partial charge in [-0.15, -0.1) is 0 Å². The molecule has 0 aliphatic carbocycles. The van der Waals surface area contributed by atoms with Crippen LogP contribution in [0.15, 0.2) is 0 Å². The molecule has 0 aliphatic heterocycles. The summed E-state index contributed by atoms with van der Waals surface area (Å²) in [6, 6.07) is 0. The number of rotatable bonds is 0. The van der Waals surface area contributed by atoms with E-state index < -0.39 is 0 Å². The van der Waals surface area contributed by atoms with Gasteiger partial charge in [0.15, 0.2) is 0 Å². The minimum atomic E-state index is 0. The summed E-state index contributed by atoms with van der Waals surface area (Å²) < 4.78 is 0. The predicted molar refractivity (Wildman–Crippen MR) is 28.8 cm³/mol. The standard InChI is InChI=1S/Al.Bi.Cr.Cu.Fe.Hf.Mn.Mo.Nb.Ni.Pb.Sb.Sn.Ti.V.W.Zr/q2*+3;;+2;;;;;;;;;;;;;. The van der Waals surface area contributed by atoms with E-state index in [9.17, 15) is 0 Å². The van der Waals surface area contributed by atoms with E-state index in [4.69, 9.17) is 0 Å². The summed E-state index contributed by atoms with van der Waals surface area (Å²) in [5.74, 6) is 0. The van der Waals surface area contributed by atoms with Crippen LogP contribution < -0.4 is 0 Å². The molecule has 0 unspecified atom stereocenters. The quantitative estimate of drug-likeness (QED) is 0.249. The molecule has 0 heterocycles. The van der Waals surface area contributed by atoms with Gasteiger partial charge in [-0.25, -0.2) is 0 Å². The summed E-state index contributed by atoms with van der Waals surface area (Å²) in [5, 5.41) is 0. The number of hydrogen-bond acceptors (Lipinski definition) is 0. The fourth-order valence-electron chi connectivity index (χ4n) is 0. The maximum atomic E-state index is 0. The van der Waals surface area contributed by atoms with Crippen LogP contribution in [-0.4, -0.2) is 119 Å². The van der Waals surface area contributed by atoms with Crippen molar-refractivity contribution in [3.63, 3.8) is 0 Å². The zero-order chi connectivity index (χ0) is 0. The Kier molecular flexibility index (Phi) is 1360. The van der Waals surface area contributed by atoms with Gasteiger partial charge in [-0.05, 0) is 0 Å². The van der Waals surface area contributed by atoms with Crippen molar-refractivity contribution < 1.29 is 242 Å². The van der Waals surface area contributed by atoms with Crippen LogP contribution in [0.25, 0.3) is 0 Å². The van der Waals surface area contributed by atoms with Crippen LogP contribution in [0, 0.1) is 0 Å². The Bertz CT molecular complexity index is 69.5. The SMILES string of the molecule is [Al+3].[Bi+3].[Cr].[Cu+2].[Fe].[Hf].[Mn].[Mo].[Nb].[Ni].[Pb].[Sb].[Sn].[Ti].[V].[W].[Zr]. The Morgan fingerprint density at radius 1 is 1.00 bits per heavy atom. The van der Waals surface area contributed by atoms with Crippen LogP contribution in [0.2, 0.25) is 0 Å². The second kappa shape index (κ2) is 144. The van der Waals surface area contributed by atoms with Gasteiger partial charge in [-0.3, -0.25) is 0 Å². The van der Waals surface area contributed by atoms with E-state index in [1.54, 1.807) is 0 Å². The van der Waals surface area contributed by atoms with Crippen LogP contribution in [0.3, 0.4) is 0 Å². The summed E-state index contributed by atoms with van der Waals surface area (Å²) in [7, 11) is 0. The van der Waals surface area contributed by atoms with Crippen LogP contribution in [0.5, 0.6) is 0 Å². The molecule has 89 valence electrons. The molecule has 0 spiro atoms. The Balaban J connectivity index is 0. The van der Waals surface area contributed by atoms with Crippen LogP contribution in [0.1, 0.15) is 0 Å². The molecule has 0 nitrogen and oxygen atoms in total. The molecule has 0 rings (SSSR count). The number of hydrogen-bond donors (Lipinski definition) is 0. The summed E-state index contributed by atoms with van der Waals surface area (Å²) in [5.41, 5.74) is 0. The van der Waals surface area contributed by atoms with Crippen LogP contribution in [-0.2, 0) is 242 Å². The average Bonchev–Trinajstić information content (AvgIpc) is 0. The second-order valence-corrected chi connectivity index (χ2v) is 0. The molecular formula is AlBiCrCuFeHfMnMoNbNiPbSbSnTiVWZr+8. The third-order valence-electron chi connectivity index (χ3n) is 0. The minimum Gasteiger partial charge on any atom is 0 e. The summed E-state index contributed by atoms with van der Waals surface area (Å²) in [6.45, 7) is 0. The first-order valence-electron chi connectivity index (χ1n) is 0. The van der Waals surface area contributed by atoms with Crippen LogP contribution >= 0.6 is 0 Å². The molecule has 0 N–H and O–H groups in total. The first-order chi connectivity index (χ1) is 0. The molecule has 0 bridgehead atoms. The van der Waals surface area contributed by atoms with Crippen molar-refractivity contribution in [1.29, 1.82) is 0 Å². The smallest absolute Gasteiger partial charge is 0 e. The molecule has 17 heteroatoms. The molecular weight excluding hydrogens is 1710 g/mol. The van der Waals surface area contributed by atoms with E-state index in [-0.39, 0.29) is 361 Å². The predicted octanol–water partition coefficient (Wildman–Crippen LogP) is -1.93. The van der Waals surface area contributed by atoms with Crippen molar-refractivity contribution in [1.82, 2.24) is 0 Å². The molecule has 0 saturated carbocycles. The molecule has 0 aliphatic rings. The zero-order valence-corrected chi connectivity index (χ0v) is 43.0. The monoisotopic (exact) mass is 1710 g/mol. The Hall–Kier alpha value is 11.7. The van der Waals surface area contributed by atoms with Crippen molar-refractivity contribution >= 4 is 119 Å². The Morgan fingerprint density at radius 3 is 1.00 bits per heavy atom. The Morgan fingerprint density at radius 2 is 1.00 bits per heavy atom. The van der Waals surface area contributed by atoms with Crippen molar-refractivity contribution in [2.45, 2.75) is 0 Å². The molecule has 0 amide bonds. The van der Waals surface area contributed by atoms with Gasteiger partial charge in [0, 0.05) is 300 Å². The fraction of sp³-hybridized carbons (Fsp3) is 0. The summed E-state index contributed by atoms with van der Waals surface area (Å²) in [4.78, 5) is 0. The summed E-state index contributed by atoms with van der Waals surface area (Å²) >= 11 is 0. The third-order valence-corrected chi connectivity index (χ3v) is 0. The van der Waals surface area contributed by atoms with E-state index in [2.05, 4.69) is 0 Å². The van der Waals surface area contributed by atoms with Crippen LogP contribution in [0.4, 0.5) is 0 Å². The Labute approximate surface area is 351 Å². The minimum absolute atomic E-state index is 0. The first kappa shape index (κ1) is 161. The van der Waals surface area contributed by atoms with Gasteiger partial charge in [0.05, 0.1) is 0 Å². The average molecular weight is 1710 g/mol. The van der Waals surface area contributed by atoms with Gasteiger partial charge in [0.1, 0.15) is 0 Å². The maximum absolute atomic E-state index is 0. The van der Waals surface area contributed by atoms with Crippen molar-refractivity contribution in [2.24, 2.45) is 0 Å². The molecule has 17 radical (unpaired) electrons. The van der Waals surface area contributed by atoms with E-state index >= 15 is 0 Å². The first-order valence-corrected chi connectivity index (χ1v) is 0. The van der Waals surface area contributed by atoms with E-state index in [0.717, 1.165) is 0 Å². The van der Waals surface area contributed by atoms with Gasteiger partial charge in [0.2, 0.25) is 0 Å². The molecule has 17 heavy (non-hydrogen) atoms. The van der Waals surface area contributed by atoms with E-state index in [0.29, 0.717) is 0 Å². The van der Waals surface area contributed by atoms with Crippen molar-refractivity contribution in [2.75, 3.05) is 0 Å². The summed E-state index contributed by atoms with van der Waals surface area (Å²) in [6.07, 6.45) is 0. The van der Waals surface area contributed by atoms with Crippen molar-refractivity contribution in [3.05, 3.63) is 0 Å². The molecule has 0 fully saturated rings. The molecule has 0 aromatic carbocycles. The second-order valence-electron chi connectivity index (χ2n) is 0. The van der Waals surface area contributed by atoms with Crippen molar-refractivity contribution in [3.8, 4) is 0 Å². The van der Waals surface area contributed by atoms with Gasteiger partial charge >= 0.3 is 60.6 Å². The fourth-order valence-corrected chi connectivity index (χ4v) is 0. The molecule has 0 saturated heterocycles. The molecule has 0 atom stereocenters. The van der Waals surface area contributed by atoms with E-state index in [1.807, 2.05) is 0 Å². The van der Waals surface area contributed by atoms with E-state index in [1.165, 1.54) is 0 Å². The van der Waals surface area contributed by atoms with Gasteiger partial charge < -0.3 is 0 Å². The van der Waals surface area contributed by atoms with Gasteiger partial charge in [-0.1, -0.05) is 0 Å². The third kappa shape index (κ3) is 134. The largest absolute Gasteiger partial charge is 3.00 e. The normalized spacial score (nSPS) is 0. The maximum Gasteiger partial charge on any atom is 3.00 e.